The summed E-state index contributed by atoms with van der Waals surface area (Å²) < 4.78 is 13.0. The van der Waals surface area contributed by atoms with Crippen LogP contribution in [0.1, 0.15) is 5.56 Å². The van der Waals surface area contributed by atoms with E-state index in [1.807, 2.05) is 10.8 Å². The lowest BCUT2D eigenvalue weighted by atomic mass is 10.1. The summed E-state index contributed by atoms with van der Waals surface area (Å²) in [6.45, 7) is 0. The number of rotatable bonds is 2. The van der Waals surface area contributed by atoms with Crippen LogP contribution in [0.4, 0.5) is 10.1 Å². The molecule has 1 fully saturated rings. The van der Waals surface area contributed by atoms with E-state index in [4.69, 9.17) is 12.2 Å². The Bertz CT molecular complexity index is 782. The van der Waals surface area contributed by atoms with E-state index in [-0.39, 0.29) is 10.7 Å². The van der Waals surface area contributed by atoms with Gasteiger partial charge in [-0.3, -0.25) is 19.8 Å². The van der Waals surface area contributed by atoms with Gasteiger partial charge >= 0.3 is 0 Å². The van der Waals surface area contributed by atoms with Gasteiger partial charge in [0.1, 0.15) is 11.4 Å². The predicted octanol–water partition coefficient (Wildman–Crippen LogP) is 2.72. The third kappa shape index (κ3) is 2.68. The molecule has 2 heterocycles. The lowest BCUT2D eigenvalue weighted by molar-refractivity contribution is -0.122. The second-order valence-corrected chi connectivity index (χ2v) is 5.66. The highest BCUT2D eigenvalue weighted by Crippen LogP contribution is 2.22. The molecule has 0 aliphatic carbocycles. The van der Waals surface area contributed by atoms with Crippen molar-refractivity contribution >= 4 is 52.2 Å². The molecule has 7 heteroatoms. The van der Waals surface area contributed by atoms with Crippen molar-refractivity contribution in [1.82, 2.24) is 5.32 Å². The molecule has 0 atom stereocenters. The Morgan fingerprint density at radius 2 is 1.91 bits per heavy atom. The van der Waals surface area contributed by atoms with E-state index in [9.17, 15) is 14.0 Å². The molecular formula is C15H9FN2O2S2. The quantitative estimate of drug-likeness (QED) is 0.523. The standard InChI is InChI=1S/C15H9FN2O2S2/c16-10-1-3-11(4-2-10)18-14(20)12(13(19)17-15(18)21)7-9-5-6-22-8-9/h1-8H,(H,17,19,21)/b12-7-. The Balaban J connectivity index is 2.01. The van der Waals surface area contributed by atoms with Crippen LogP contribution in [0.3, 0.4) is 0 Å². The first-order chi connectivity index (χ1) is 10.6. The Hall–Kier alpha value is -2.38. The van der Waals surface area contributed by atoms with E-state index in [2.05, 4.69) is 5.32 Å². The summed E-state index contributed by atoms with van der Waals surface area (Å²) in [4.78, 5) is 25.8. The van der Waals surface area contributed by atoms with Crippen LogP contribution < -0.4 is 10.2 Å². The number of benzene rings is 1. The molecule has 110 valence electrons. The molecule has 0 spiro atoms. The second kappa shape index (κ2) is 5.78. The van der Waals surface area contributed by atoms with Crippen LogP contribution in [0, 0.1) is 5.82 Å². The Morgan fingerprint density at radius 3 is 2.55 bits per heavy atom. The minimum atomic E-state index is -0.542. The van der Waals surface area contributed by atoms with E-state index in [1.165, 1.54) is 46.6 Å². The lowest BCUT2D eigenvalue weighted by Gasteiger charge is -2.28. The highest BCUT2D eigenvalue weighted by molar-refractivity contribution is 7.80. The number of anilines is 1. The molecule has 0 radical (unpaired) electrons. The molecule has 1 aromatic heterocycles. The van der Waals surface area contributed by atoms with Crippen molar-refractivity contribution in [1.29, 1.82) is 0 Å². The highest BCUT2D eigenvalue weighted by Gasteiger charge is 2.34. The highest BCUT2D eigenvalue weighted by atomic mass is 32.1. The number of hydrogen-bond donors (Lipinski definition) is 1. The first-order valence-electron chi connectivity index (χ1n) is 6.25. The number of thiophene rings is 1. The van der Waals surface area contributed by atoms with Gasteiger partial charge in [0.15, 0.2) is 5.11 Å². The van der Waals surface area contributed by atoms with Crippen LogP contribution in [0.15, 0.2) is 46.7 Å². The maximum Gasteiger partial charge on any atom is 0.270 e. The van der Waals surface area contributed by atoms with Gasteiger partial charge < -0.3 is 0 Å². The summed E-state index contributed by atoms with van der Waals surface area (Å²) in [7, 11) is 0. The van der Waals surface area contributed by atoms with Crippen molar-refractivity contribution in [2.24, 2.45) is 0 Å². The maximum absolute atomic E-state index is 13.0. The number of hydrogen-bond acceptors (Lipinski definition) is 4. The SMILES string of the molecule is O=C1NC(=S)N(c2ccc(F)cc2)C(=O)/C1=C\c1ccsc1. The van der Waals surface area contributed by atoms with Gasteiger partial charge in [-0.15, -0.1) is 0 Å². The number of nitrogens with one attached hydrogen (secondary N) is 1. The summed E-state index contributed by atoms with van der Waals surface area (Å²) in [6.07, 6.45) is 1.51. The molecule has 0 saturated carbocycles. The second-order valence-electron chi connectivity index (χ2n) is 4.49. The summed E-state index contributed by atoms with van der Waals surface area (Å²) in [5.74, 6) is -1.50. The topological polar surface area (TPSA) is 49.4 Å². The van der Waals surface area contributed by atoms with Crippen LogP contribution >= 0.6 is 23.6 Å². The number of carbonyl (C=O) groups excluding carboxylic acids is 2. The molecule has 1 aliphatic rings. The molecular weight excluding hydrogens is 323 g/mol. The fourth-order valence-electron chi connectivity index (χ4n) is 2.01. The van der Waals surface area contributed by atoms with Crippen molar-refractivity contribution in [3.63, 3.8) is 0 Å². The van der Waals surface area contributed by atoms with Gasteiger partial charge in [0.25, 0.3) is 11.8 Å². The van der Waals surface area contributed by atoms with Gasteiger partial charge in [0.05, 0.1) is 5.69 Å². The number of halogens is 1. The Labute approximate surface area is 134 Å². The molecule has 2 aromatic rings. The molecule has 1 aliphatic heterocycles. The fraction of sp³-hybridized carbons (Fsp3) is 0. The summed E-state index contributed by atoms with van der Waals surface area (Å²) in [5.41, 5.74) is 1.14. The van der Waals surface area contributed by atoms with Gasteiger partial charge in [0.2, 0.25) is 0 Å². The summed E-state index contributed by atoms with van der Waals surface area (Å²) in [6, 6.07) is 7.11. The number of nitrogens with zero attached hydrogens (tertiary/aromatic N) is 1. The first-order valence-corrected chi connectivity index (χ1v) is 7.60. The smallest absolute Gasteiger partial charge is 0.270 e. The van der Waals surface area contributed by atoms with E-state index in [0.29, 0.717) is 5.69 Å². The minimum Gasteiger partial charge on any atom is -0.298 e. The van der Waals surface area contributed by atoms with Crippen molar-refractivity contribution in [2.75, 3.05) is 4.90 Å². The molecule has 0 unspecified atom stereocenters. The summed E-state index contributed by atoms with van der Waals surface area (Å²) in [5, 5.41) is 6.12. The third-order valence-corrected chi connectivity index (χ3v) is 4.03. The van der Waals surface area contributed by atoms with Crippen LogP contribution in [-0.2, 0) is 9.59 Å². The lowest BCUT2D eigenvalue weighted by Crippen LogP contribution is -2.54. The molecule has 22 heavy (non-hydrogen) atoms. The van der Waals surface area contributed by atoms with Gasteiger partial charge in [0, 0.05) is 0 Å². The summed E-state index contributed by atoms with van der Waals surface area (Å²) >= 11 is 6.51. The normalized spacial score (nSPS) is 17.0. The Morgan fingerprint density at radius 1 is 1.18 bits per heavy atom. The van der Waals surface area contributed by atoms with Crippen LogP contribution in [-0.4, -0.2) is 16.9 Å². The molecule has 2 amide bonds. The molecule has 3 rings (SSSR count). The van der Waals surface area contributed by atoms with Gasteiger partial charge in [-0.25, -0.2) is 4.39 Å². The molecule has 1 aromatic carbocycles. The number of carbonyl (C=O) groups is 2. The van der Waals surface area contributed by atoms with Gasteiger partial charge in [-0.05, 0) is 64.9 Å². The molecule has 1 N–H and O–H groups in total. The van der Waals surface area contributed by atoms with Crippen LogP contribution in [0.5, 0.6) is 0 Å². The van der Waals surface area contributed by atoms with E-state index >= 15 is 0 Å². The predicted molar refractivity (Wildman–Crippen MR) is 86.9 cm³/mol. The number of thiocarbonyl (C=S) groups is 1. The fourth-order valence-corrected chi connectivity index (χ4v) is 2.90. The zero-order valence-corrected chi connectivity index (χ0v) is 12.7. The minimum absolute atomic E-state index is 0.0173. The number of amides is 2. The van der Waals surface area contributed by atoms with E-state index in [1.54, 1.807) is 6.07 Å². The zero-order valence-electron chi connectivity index (χ0n) is 11.1. The molecule has 1 saturated heterocycles. The van der Waals surface area contributed by atoms with Crippen molar-refractivity contribution in [2.45, 2.75) is 0 Å². The average molecular weight is 332 g/mol. The van der Waals surface area contributed by atoms with Gasteiger partial charge in [-0.1, -0.05) is 0 Å². The van der Waals surface area contributed by atoms with Crippen LogP contribution in [0.2, 0.25) is 0 Å². The zero-order chi connectivity index (χ0) is 15.7. The van der Waals surface area contributed by atoms with Crippen molar-refractivity contribution in [3.05, 3.63) is 58.0 Å². The largest absolute Gasteiger partial charge is 0.298 e. The maximum atomic E-state index is 13.0. The third-order valence-electron chi connectivity index (χ3n) is 3.04. The molecule has 4 nitrogen and oxygen atoms in total. The van der Waals surface area contributed by atoms with Crippen molar-refractivity contribution in [3.8, 4) is 0 Å². The monoisotopic (exact) mass is 332 g/mol. The first kappa shape index (κ1) is 14.6. The van der Waals surface area contributed by atoms with E-state index in [0.717, 1.165) is 5.56 Å². The van der Waals surface area contributed by atoms with Crippen molar-refractivity contribution < 1.29 is 14.0 Å². The molecule has 0 bridgehead atoms. The average Bonchev–Trinajstić information content (AvgIpc) is 2.98. The van der Waals surface area contributed by atoms with Gasteiger partial charge in [-0.2, -0.15) is 11.3 Å². The van der Waals surface area contributed by atoms with Crippen LogP contribution in [0.25, 0.3) is 6.08 Å². The Kier molecular flexibility index (Phi) is 3.82. The van der Waals surface area contributed by atoms with E-state index < -0.39 is 17.6 Å².